The number of hydrogen-bond donors (Lipinski definition) is 2. The molecule has 1 heterocycles. The molecule has 0 spiro atoms. The van der Waals surface area contributed by atoms with Crippen molar-refractivity contribution in [1.29, 1.82) is 0 Å². The molecule has 1 aliphatic heterocycles. The van der Waals surface area contributed by atoms with Gasteiger partial charge in [0.1, 0.15) is 0 Å². The predicted octanol–water partition coefficient (Wildman–Crippen LogP) is 1.53. The van der Waals surface area contributed by atoms with Crippen molar-refractivity contribution in [2.45, 2.75) is 51.0 Å². The lowest BCUT2D eigenvalue weighted by Gasteiger charge is -2.39. The van der Waals surface area contributed by atoms with Crippen LogP contribution in [0.15, 0.2) is 0 Å². The largest absolute Gasteiger partial charge is 0.481 e. The van der Waals surface area contributed by atoms with Crippen molar-refractivity contribution in [2.24, 2.45) is 5.92 Å². The molecular formula is C15H26N2O4. The molecule has 0 aromatic carbocycles. The van der Waals surface area contributed by atoms with Gasteiger partial charge < -0.3 is 20.0 Å². The van der Waals surface area contributed by atoms with E-state index in [9.17, 15) is 14.7 Å². The third-order valence-corrected chi connectivity index (χ3v) is 4.64. The van der Waals surface area contributed by atoms with Gasteiger partial charge in [-0.3, -0.25) is 4.79 Å². The van der Waals surface area contributed by atoms with Crippen molar-refractivity contribution >= 4 is 12.0 Å². The van der Waals surface area contributed by atoms with Gasteiger partial charge in [-0.2, -0.15) is 0 Å². The minimum atomic E-state index is -0.820. The van der Waals surface area contributed by atoms with Gasteiger partial charge in [0.2, 0.25) is 0 Å². The molecule has 6 heteroatoms. The number of aliphatic hydroxyl groups excluding tert-OH is 1. The minimum Gasteiger partial charge on any atom is -0.481 e. The van der Waals surface area contributed by atoms with Gasteiger partial charge in [-0.15, -0.1) is 0 Å². The lowest BCUT2D eigenvalue weighted by molar-refractivity contribution is -0.143. The van der Waals surface area contributed by atoms with Crippen molar-refractivity contribution in [1.82, 2.24) is 9.80 Å². The van der Waals surface area contributed by atoms with Gasteiger partial charge in [0, 0.05) is 25.7 Å². The Bertz CT molecular complexity index is 369. The van der Waals surface area contributed by atoms with E-state index in [4.69, 9.17) is 5.11 Å². The molecule has 0 bridgehead atoms. The van der Waals surface area contributed by atoms with Crippen molar-refractivity contribution < 1.29 is 19.8 Å². The highest BCUT2D eigenvalue weighted by molar-refractivity contribution is 5.77. The Morgan fingerprint density at radius 3 is 2.43 bits per heavy atom. The van der Waals surface area contributed by atoms with E-state index >= 15 is 0 Å². The summed E-state index contributed by atoms with van der Waals surface area (Å²) >= 11 is 0. The van der Waals surface area contributed by atoms with E-state index in [1.165, 1.54) is 6.42 Å². The third-order valence-electron chi connectivity index (χ3n) is 4.64. The van der Waals surface area contributed by atoms with Gasteiger partial charge in [0.15, 0.2) is 0 Å². The first-order valence-electron chi connectivity index (χ1n) is 8.02. The second-order valence-electron chi connectivity index (χ2n) is 6.11. The van der Waals surface area contributed by atoms with E-state index in [1.807, 2.05) is 0 Å². The Kier molecular flexibility index (Phi) is 5.85. The summed E-state index contributed by atoms with van der Waals surface area (Å²) in [7, 11) is 0. The zero-order valence-electron chi connectivity index (χ0n) is 12.5. The number of carbonyl (C=O) groups is 2. The summed E-state index contributed by atoms with van der Waals surface area (Å²) in [5.41, 5.74) is 0. The normalized spacial score (nSPS) is 23.9. The van der Waals surface area contributed by atoms with Crippen molar-refractivity contribution in [2.75, 3.05) is 26.2 Å². The molecule has 0 aromatic heterocycles. The summed E-state index contributed by atoms with van der Waals surface area (Å²) < 4.78 is 0. The number of carboxylic acid groups (broad SMARTS) is 1. The number of rotatable bonds is 4. The summed E-state index contributed by atoms with van der Waals surface area (Å²) in [6.45, 7) is 1.22. The molecule has 1 atom stereocenters. The molecular weight excluding hydrogens is 272 g/mol. The summed E-state index contributed by atoms with van der Waals surface area (Å²) in [5, 5.41) is 18.4. The molecule has 2 aliphatic rings. The molecule has 0 aromatic rings. The maximum absolute atomic E-state index is 12.7. The molecule has 1 unspecified atom stereocenters. The average molecular weight is 298 g/mol. The molecule has 2 fully saturated rings. The van der Waals surface area contributed by atoms with Crippen molar-refractivity contribution in [3.8, 4) is 0 Å². The fourth-order valence-corrected chi connectivity index (χ4v) is 3.47. The molecule has 0 radical (unpaired) electrons. The number of carbonyl (C=O) groups excluding carboxylic acids is 1. The first kappa shape index (κ1) is 16.1. The number of hydrogen-bond acceptors (Lipinski definition) is 3. The molecule has 6 nitrogen and oxygen atoms in total. The first-order chi connectivity index (χ1) is 10.1. The second-order valence-corrected chi connectivity index (χ2v) is 6.11. The fraction of sp³-hybridized carbons (Fsp3) is 0.867. The fourth-order valence-electron chi connectivity index (χ4n) is 3.47. The van der Waals surface area contributed by atoms with Crippen LogP contribution >= 0.6 is 0 Å². The topological polar surface area (TPSA) is 81.1 Å². The van der Waals surface area contributed by atoms with E-state index in [0.717, 1.165) is 32.1 Å². The quantitative estimate of drug-likeness (QED) is 0.824. The summed E-state index contributed by atoms with van der Waals surface area (Å²) in [4.78, 5) is 27.3. The zero-order chi connectivity index (χ0) is 15.2. The Balaban J connectivity index is 2.01. The van der Waals surface area contributed by atoms with Crippen LogP contribution in [0.25, 0.3) is 0 Å². The highest BCUT2D eigenvalue weighted by Crippen LogP contribution is 2.25. The van der Waals surface area contributed by atoms with Crippen LogP contribution in [-0.2, 0) is 4.79 Å². The second kappa shape index (κ2) is 7.64. The maximum Gasteiger partial charge on any atom is 0.320 e. The maximum atomic E-state index is 12.7. The summed E-state index contributed by atoms with van der Waals surface area (Å²) in [5.74, 6) is -1.27. The number of aliphatic carboxylic acids is 1. The van der Waals surface area contributed by atoms with Crippen LogP contribution in [0, 0.1) is 5.92 Å². The minimum absolute atomic E-state index is 0.0432. The van der Waals surface area contributed by atoms with Gasteiger partial charge in [-0.1, -0.05) is 19.3 Å². The molecule has 21 heavy (non-hydrogen) atoms. The Morgan fingerprint density at radius 1 is 1.10 bits per heavy atom. The number of carboxylic acids is 1. The number of amides is 2. The van der Waals surface area contributed by atoms with Crippen LogP contribution < -0.4 is 0 Å². The van der Waals surface area contributed by atoms with E-state index in [2.05, 4.69) is 0 Å². The van der Waals surface area contributed by atoms with Gasteiger partial charge >= 0.3 is 12.0 Å². The van der Waals surface area contributed by atoms with E-state index < -0.39 is 11.9 Å². The number of nitrogens with zero attached hydrogens (tertiary/aromatic N) is 2. The van der Waals surface area contributed by atoms with Crippen LogP contribution in [0.4, 0.5) is 4.79 Å². The highest BCUT2D eigenvalue weighted by Gasteiger charge is 2.33. The lowest BCUT2D eigenvalue weighted by Crippen LogP contribution is -2.53. The van der Waals surface area contributed by atoms with Crippen molar-refractivity contribution in [3.05, 3.63) is 0 Å². The molecule has 1 saturated heterocycles. The Morgan fingerprint density at radius 2 is 1.81 bits per heavy atom. The number of aliphatic hydroxyl groups is 1. The smallest absolute Gasteiger partial charge is 0.320 e. The number of piperidine rings is 1. The summed E-state index contributed by atoms with van der Waals surface area (Å²) in [6.07, 6.45) is 6.81. The van der Waals surface area contributed by atoms with Gasteiger partial charge in [-0.05, 0) is 25.7 Å². The van der Waals surface area contributed by atoms with Crippen LogP contribution in [0.3, 0.4) is 0 Å². The number of likely N-dealkylation sites (tertiary alicyclic amines) is 1. The monoisotopic (exact) mass is 298 g/mol. The number of urea groups is 1. The zero-order valence-corrected chi connectivity index (χ0v) is 12.5. The lowest BCUT2D eigenvalue weighted by atomic mass is 9.94. The average Bonchev–Trinajstić information content (AvgIpc) is 2.53. The molecule has 1 aliphatic carbocycles. The SMILES string of the molecule is O=C(O)C1CCCN(C(=O)N(CCO)C2CCCCC2)C1. The van der Waals surface area contributed by atoms with Gasteiger partial charge in [0.05, 0.1) is 12.5 Å². The van der Waals surface area contributed by atoms with Crippen LogP contribution in [0.1, 0.15) is 44.9 Å². The van der Waals surface area contributed by atoms with Crippen LogP contribution in [0.2, 0.25) is 0 Å². The molecule has 2 N–H and O–H groups in total. The Labute approximate surface area is 125 Å². The van der Waals surface area contributed by atoms with Gasteiger partial charge in [0.25, 0.3) is 0 Å². The van der Waals surface area contributed by atoms with E-state index in [0.29, 0.717) is 26.1 Å². The molecule has 2 rings (SSSR count). The third kappa shape index (κ3) is 4.09. The summed E-state index contributed by atoms with van der Waals surface area (Å²) in [6, 6.07) is 0.102. The molecule has 2 amide bonds. The van der Waals surface area contributed by atoms with Gasteiger partial charge in [-0.25, -0.2) is 4.79 Å². The Hall–Kier alpha value is -1.30. The predicted molar refractivity (Wildman–Crippen MR) is 78.0 cm³/mol. The highest BCUT2D eigenvalue weighted by atomic mass is 16.4. The van der Waals surface area contributed by atoms with E-state index in [1.54, 1.807) is 9.80 Å². The first-order valence-corrected chi connectivity index (χ1v) is 8.02. The standard InChI is InChI=1S/C15H26N2O4/c18-10-9-17(13-6-2-1-3-7-13)15(21)16-8-4-5-12(11-16)14(19)20/h12-13,18H,1-11H2,(H,19,20). The van der Waals surface area contributed by atoms with Crippen molar-refractivity contribution in [3.63, 3.8) is 0 Å². The van der Waals surface area contributed by atoms with E-state index in [-0.39, 0.29) is 18.7 Å². The van der Waals surface area contributed by atoms with Crippen LogP contribution in [-0.4, -0.2) is 64.3 Å². The molecule has 120 valence electrons. The molecule has 1 saturated carbocycles. The van der Waals surface area contributed by atoms with Crippen LogP contribution in [0.5, 0.6) is 0 Å².